The summed E-state index contributed by atoms with van der Waals surface area (Å²) in [7, 11) is 1.59. The van der Waals surface area contributed by atoms with Crippen LogP contribution in [0.15, 0.2) is 35.7 Å². The number of amidine groups is 1. The van der Waals surface area contributed by atoms with Crippen molar-refractivity contribution in [3.63, 3.8) is 0 Å². The highest BCUT2D eigenvalue weighted by Gasteiger charge is 2.25. The molecule has 1 fully saturated rings. The molecule has 1 amide bonds. The summed E-state index contributed by atoms with van der Waals surface area (Å²) in [4.78, 5) is 38.4. The van der Waals surface area contributed by atoms with Crippen molar-refractivity contribution in [2.75, 3.05) is 31.6 Å². The van der Waals surface area contributed by atoms with Crippen LogP contribution in [-0.4, -0.2) is 60.1 Å². The summed E-state index contributed by atoms with van der Waals surface area (Å²) in [6, 6.07) is 4.74. The van der Waals surface area contributed by atoms with Crippen molar-refractivity contribution in [2.45, 2.75) is 25.9 Å². The smallest absolute Gasteiger partial charge is 0.313 e. The number of nitrogens with two attached hydrogens (primary N) is 1. The number of carbonyl (C=O) groups is 2. The van der Waals surface area contributed by atoms with E-state index in [1.807, 2.05) is 4.90 Å². The van der Waals surface area contributed by atoms with Gasteiger partial charge in [-0.3, -0.25) is 15.0 Å². The van der Waals surface area contributed by atoms with Gasteiger partial charge in [-0.1, -0.05) is 23.4 Å². The lowest BCUT2D eigenvalue weighted by molar-refractivity contribution is -0.143. The van der Waals surface area contributed by atoms with E-state index < -0.39 is 11.8 Å². The van der Waals surface area contributed by atoms with Gasteiger partial charge in [0.1, 0.15) is 31.3 Å². The Kier molecular flexibility index (Phi) is 8.43. The molecule has 3 rings (SSSR count). The van der Waals surface area contributed by atoms with E-state index in [2.05, 4.69) is 20.4 Å². The fourth-order valence-corrected chi connectivity index (χ4v) is 3.06. The van der Waals surface area contributed by atoms with Crippen LogP contribution in [0.5, 0.6) is 0 Å². The second-order valence-corrected chi connectivity index (χ2v) is 7.54. The number of nitrogens with one attached hydrogen (secondary N) is 2. The number of hydrogen-bond donors (Lipinski definition) is 3. The Morgan fingerprint density at radius 1 is 1.29 bits per heavy atom. The van der Waals surface area contributed by atoms with E-state index in [-0.39, 0.29) is 35.9 Å². The lowest BCUT2D eigenvalue weighted by Gasteiger charge is -2.31. The van der Waals surface area contributed by atoms with Gasteiger partial charge in [0.05, 0.1) is 18.8 Å². The molecule has 1 aliphatic heterocycles. The molecule has 34 heavy (non-hydrogen) atoms. The summed E-state index contributed by atoms with van der Waals surface area (Å²) in [5.74, 6) is -1.11. The minimum atomic E-state index is -0.697. The van der Waals surface area contributed by atoms with Gasteiger partial charge >= 0.3 is 5.97 Å². The highest BCUT2D eigenvalue weighted by molar-refractivity contribution is 5.98. The number of hydrogen-bond acceptors (Lipinski definition) is 9. The number of benzene rings is 1. The molecule has 12 heteroatoms. The number of oxime groups is 1. The Morgan fingerprint density at radius 3 is 2.71 bits per heavy atom. The highest BCUT2D eigenvalue weighted by Crippen LogP contribution is 2.26. The molecule has 2 aromatic rings. The normalized spacial score (nSPS) is 12.5. The van der Waals surface area contributed by atoms with Crippen molar-refractivity contribution in [2.24, 2.45) is 10.9 Å². The van der Waals surface area contributed by atoms with Gasteiger partial charge in [0, 0.05) is 42.6 Å². The summed E-state index contributed by atoms with van der Waals surface area (Å²) in [6.07, 6.45) is 3.68. The maximum Gasteiger partial charge on any atom is 0.313 e. The van der Waals surface area contributed by atoms with Crippen molar-refractivity contribution < 1.29 is 23.6 Å². The van der Waals surface area contributed by atoms with Crippen LogP contribution in [0.25, 0.3) is 11.1 Å². The third kappa shape index (κ3) is 6.70. The summed E-state index contributed by atoms with van der Waals surface area (Å²) < 4.78 is 19.9. The van der Waals surface area contributed by atoms with E-state index in [4.69, 9.17) is 20.7 Å². The van der Waals surface area contributed by atoms with Crippen LogP contribution in [0.2, 0.25) is 0 Å². The number of halogens is 1. The molecule has 0 spiro atoms. The lowest BCUT2D eigenvalue weighted by Crippen LogP contribution is -2.48. The van der Waals surface area contributed by atoms with Crippen molar-refractivity contribution in [1.82, 2.24) is 15.3 Å². The number of aromatic nitrogens is 2. The molecule has 0 unspecified atom stereocenters. The van der Waals surface area contributed by atoms with E-state index in [0.717, 1.165) is 5.71 Å². The Morgan fingerprint density at radius 2 is 2.03 bits per heavy atom. The van der Waals surface area contributed by atoms with Gasteiger partial charge in [-0.25, -0.2) is 14.4 Å². The van der Waals surface area contributed by atoms with Crippen molar-refractivity contribution in [1.29, 1.82) is 5.41 Å². The van der Waals surface area contributed by atoms with Crippen molar-refractivity contribution >= 4 is 29.4 Å². The summed E-state index contributed by atoms with van der Waals surface area (Å²) >= 11 is 0. The predicted molar refractivity (Wildman–Crippen MR) is 123 cm³/mol. The van der Waals surface area contributed by atoms with E-state index >= 15 is 0 Å². The molecule has 1 saturated heterocycles. The fraction of sp³-hybridized carbons (Fsp3) is 0.364. The van der Waals surface area contributed by atoms with E-state index in [0.29, 0.717) is 44.0 Å². The Hall–Kier alpha value is -4.09. The summed E-state index contributed by atoms with van der Waals surface area (Å²) in [5, 5.41) is 13.7. The fourth-order valence-electron chi connectivity index (χ4n) is 3.06. The average Bonchev–Trinajstić information content (AvgIpc) is 2.79. The van der Waals surface area contributed by atoms with Gasteiger partial charge in [0.2, 0.25) is 11.9 Å². The number of esters is 1. The van der Waals surface area contributed by atoms with Crippen LogP contribution < -0.4 is 16.0 Å². The second-order valence-electron chi connectivity index (χ2n) is 7.54. The summed E-state index contributed by atoms with van der Waals surface area (Å²) in [5.41, 5.74) is 6.95. The number of amides is 1. The standard InChI is InChI=1S/C22H26FN7O4/c1-26-19(31)6-3-7-34-29-16-11-30(12-16)22-27-9-15(10-28-22)17-5-2-4-14(21(17)23)13-33-20(32)8-18(24)25/h2,4-5,9-10H,3,6-8,11-13H2,1H3,(H3,24,25)(H,26,31). The number of anilines is 1. The van der Waals surface area contributed by atoms with Crippen LogP contribution in [0.4, 0.5) is 10.3 Å². The number of rotatable bonds is 11. The molecule has 0 radical (unpaired) electrons. The Labute approximate surface area is 195 Å². The second kappa shape index (κ2) is 11.7. The monoisotopic (exact) mass is 471 g/mol. The van der Waals surface area contributed by atoms with E-state index in [1.165, 1.54) is 18.5 Å². The molecular formula is C22H26FN7O4. The van der Waals surface area contributed by atoms with Gasteiger partial charge in [0.15, 0.2) is 0 Å². The molecule has 180 valence electrons. The molecular weight excluding hydrogens is 445 g/mol. The third-order valence-electron chi connectivity index (χ3n) is 4.89. The van der Waals surface area contributed by atoms with Gasteiger partial charge in [0.25, 0.3) is 0 Å². The maximum absolute atomic E-state index is 14.9. The van der Waals surface area contributed by atoms with Crippen molar-refractivity contribution in [3.05, 3.63) is 42.0 Å². The molecule has 0 aliphatic carbocycles. The first-order valence-electron chi connectivity index (χ1n) is 10.6. The molecule has 11 nitrogen and oxygen atoms in total. The number of carbonyl (C=O) groups excluding carboxylic acids is 2. The van der Waals surface area contributed by atoms with Crippen LogP contribution in [0, 0.1) is 11.2 Å². The minimum Gasteiger partial charge on any atom is -0.460 e. The molecule has 0 atom stereocenters. The highest BCUT2D eigenvalue weighted by atomic mass is 19.1. The number of ether oxygens (including phenoxy) is 1. The van der Waals surface area contributed by atoms with Gasteiger partial charge in [-0.15, -0.1) is 0 Å². The van der Waals surface area contributed by atoms with Gasteiger partial charge < -0.3 is 25.5 Å². The van der Waals surface area contributed by atoms with Gasteiger partial charge in [-0.2, -0.15) is 0 Å². The molecule has 2 heterocycles. The predicted octanol–water partition coefficient (Wildman–Crippen LogP) is 1.37. The maximum atomic E-state index is 14.9. The Bertz CT molecular complexity index is 1070. The quantitative estimate of drug-likeness (QED) is 0.146. The molecule has 0 bridgehead atoms. The van der Waals surface area contributed by atoms with Crippen molar-refractivity contribution in [3.8, 4) is 11.1 Å². The molecule has 1 aromatic heterocycles. The zero-order valence-corrected chi connectivity index (χ0v) is 18.7. The molecule has 0 saturated carbocycles. The van der Waals surface area contributed by atoms with Gasteiger partial charge in [-0.05, 0) is 6.42 Å². The SMILES string of the molecule is CNC(=O)CCCON=C1CN(c2ncc(-c3cccc(COC(=O)CC(=N)N)c3F)cn2)C1. The first-order chi connectivity index (χ1) is 16.4. The summed E-state index contributed by atoms with van der Waals surface area (Å²) in [6.45, 7) is 1.13. The van der Waals surface area contributed by atoms with Crippen LogP contribution in [0.1, 0.15) is 24.8 Å². The molecule has 1 aliphatic rings. The number of nitrogens with zero attached hydrogens (tertiary/aromatic N) is 4. The minimum absolute atomic E-state index is 0.0358. The van der Waals surface area contributed by atoms with Crippen LogP contribution >= 0.6 is 0 Å². The van der Waals surface area contributed by atoms with E-state index in [9.17, 15) is 14.0 Å². The Balaban J connectivity index is 1.52. The first-order valence-corrected chi connectivity index (χ1v) is 10.6. The lowest BCUT2D eigenvalue weighted by atomic mass is 10.1. The van der Waals surface area contributed by atoms with Crippen LogP contribution in [-0.2, 0) is 25.8 Å². The zero-order valence-electron chi connectivity index (χ0n) is 18.7. The first kappa shape index (κ1) is 24.6. The topological polar surface area (TPSA) is 156 Å². The average molecular weight is 471 g/mol. The molecule has 1 aromatic carbocycles. The van der Waals surface area contributed by atoms with Crippen LogP contribution in [0.3, 0.4) is 0 Å². The molecule has 4 N–H and O–H groups in total. The zero-order chi connectivity index (χ0) is 24.5. The van der Waals surface area contributed by atoms with E-state index in [1.54, 1.807) is 19.2 Å². The largest absolute Gasteiger partial charge is 0.460 e. The third-order valence-corrected chi connectivity index (χ3v) is 4.89.